The molecular formula is C23H24ClN3O2. The first-order chi connectivity index (χ1) is 14.1. The summed E-state index contributed by atoms with van der Waals surface area (Å²) >= 11 is 6.30. The van der Waals surface area contributed by atoms with E-state index in [1.165, 1.54) is 0 Å². The van der Waals surface area contributed by atoms with Crippen molar-refractivity contribution in [3.05, 3.63) is 76.1 Å². The number of nitrogens with zero attached hydrogens (tertiary/aromatic N) is 2. The molecule has 1 N–H and O–H groups in total. The van der Waals surface area contributed by atoms with E-state index in [2.05, 4.69) is 10.4 Å². The molecule has 1 amide bonds. The van der Waals surface area contributed by atoms with Gasteiger partial charge in [-0.3, -0.25) is 4.79 Å². The molecule has 1 aliphatic carbocycles. The Bertz CT molecular complexity index is 1040. The molecule has 0 bridgehead atoms. The largest absolute Gasteiger partial charge is 0.496 e. The molecule has 1 aliphatic rings. The number of hydrogen-bond donors (Lipinski definition) is 1. The Kier molecular flexibility index (Phi) is 5.58. The van der Waals surface area contributed by atoms with E-state index in [1.54, 1.807) is 13.3 Å². The van der Waals surface area contributed by atoms with Crippen LogP contribution in [0.1, 0.15) is 45.9 Å². The summed E-state index contributed by atoms with van der Waals surface area (Å²) in [6.07, 6.45) is 4.52. The number of aromatic nitrogens is 2. The Morgan fingerprint density at radius 2 is 2.07 bits per heavy atom. The van der Waals surface area contributed by atoms with Crippen molar-refractivity contribution in [3.8, 4) is 11.4 Å². The number of amides is 1. The van der Waals surface area contributed by atoms with Crippen LogP contribution in [0.4, 0.5) is 0 Å². The number of carbonyl (C=O) groups is 1. The number of nitrogens with one attached hydrogen (secondary N) is 1. The van der Waals surface area contributed by atoms with E-state index in [-0.39, 0.29) is 5.91 Å². The second-order valence-electron chi connectivity index (χ2n) is 7.38. The molecule has 4 rings (SSSR count). The third-order valence-electron chi connectivity index (χ3n) is 5.29. The van der Waals surface area contributed by atoms with Crippen LogP contribution in [0, 0.1) is 6.92 Å². The van der Waals surface area contributed by atoms with Gasteiger partial charge in [-0.05, 0) is 55.5 Å². The van der Waals surface area contributed by atoms with Crippen molar-refractivity contribution in [2.24, 2.45) is 0 Å². The number of halogens is 1. The number of hydrogen-bond acceptors (Lipinski definition) is 3. The van der Waals surface area contributed by atoms with Crippen molar-refractivity contribution in [1.82, 2.24) is 15.1 Å². The highest BCUT2D eigenvalue weighted by molar-refractivity contribution is 6.31. The first kappa shape index (κ1) is 19.5. The lowest BCUT2D eigenvalue weighted by Gasteiger charge is -2.11. The van der Waals surface area contributed by atoms with Gasteiger partial charge in [-0.15, -0.1) is 0 Å². The summed E-state index contributed by atoms with van der Waals surface area (Å²) in [6.45, 7) is 2.50. The van der Waals surface area contributed by atoms with Crippen LogP contribution in [-0.4, -0.2) is 29.3 Å². The van der Waals surface area contributed by atoms with Crippen molar-refractivity contribution in [3.63, 3.8) is 0 Å². The average molecular weight is 410 g/mol. The third kappa shape index (κ3) is 4.15. The predicted molar refractivity (Wildman–Crippen MR) is 114 cm³/mol. The summed E-state index contributed by atoms with van der Waals surface area (Å²) in [7, 11) is 1.66. The van der Waals surface area contributed by atoms with Gasteiger partial charge in [0.15, 0.2) is 0 Å². The third-order valence-corrected chi connectivity index (χ3v) is 5.69. The van der Waals surface area contributed by atoms with Crippen LogP contribution in [-0.2, 0) is 6.42 Å². The molecule has 1 heterocycles. The van der Waals surface area contributed by atoms with Crippen LogP contribution in [0.2, 0.25) is 5.02 Å². The van der Waals surface area contributed by atoms with Crippen molar-refractivity contribution in [2.75, 3.05) is 13.7 Å². The topological polar surface area (TPSA) is 56.1 Å². The van der Waals surface area contributed by atoms with Gasteiger partial charge >= 0.3 is 0 Å². The number of ether oxygens (including phenoxy) is 1. The summed E-state index contributed by atoms with van der Waals surface area (Å²) in [4.78, 5) is 12.9. The van der Waals surface area contributed by atoms with E-state index < -0.39 is 0 Å². The van der Waals surface area contributed by atoms with Crippen LogP contribution in [0.3, 0.4) is 0 Å². The first-order valence-electron chi connectivity index (χ1n) is 9.83. The summed E-state index contributed by atoms with van der Waals surface area (Å²) in [5.74, 6) is 1.11. The van der Waals surface area contributed by atoms with E-state index in [0.717, 1.165) is 41.1 Å². The highest BCUT2D eigenvalue weighted by Crippen LogP contribution is 2.42. The molecule has 1 saturated carbocycles. The molecule has 29 heavy (non-hydrogen) atoms. The fourth-order valence-corrected chi connectivity index (χ4v) is 3.69. The Morgan fingerprint density at radius 3 is 2.79 bits per heavy atom. The summed E-state index contributed by atoms with van der Waals surface area (Å²) in [5, 5.41) is 8.24. The van der Waals surface area contributed by atoms with Gasteiger partial charge in [-0.1, -0.05) is 35.9 Å². The molecular weight excluding hydrogens is 386 g/mol. The minimum atomic E-state index is -0.0914. The Hall–Kier alpha value is -2.79. The predicted octanol–water partition coefficient (Wildman–Crippen LogP) is 4.69. The normalized spacial score (nSPS) is 13.3. The lowest BCUT2D eigenvalue weighted by molar-refractivity contribution is 0.0953. The molecule has 5 nitrogen and oxygen atoms in total. The number of para-hydroxylation sites is 1. The van der Waals surface area contributed by atoms with Gasteiger partial charge in [0.25, 0.3) is 5.91 Å². The molecule has 1 aromatic heterocycles. The van der Waals surface area contributed by atoms with E-state index in [0.29, 0.717) is 29.5 Å². The highest BCUT2D eigenvalue weighted by atomic mass is 35.5. The maximum Gasteiger partial charge on any atom is 0.254 e. The smallest absolute Gasteiger partial charge is 0.254 e. The van der Waals surface area contributed by atoms with Gasteiger partial charge in [0.2, 0.25) is 0 Å². The van der Waals surface area contributed by atoms with E-state index in [9.17, 15) is 4.79 Å². The molecule has 3 aromatic rings. The molecule has 6 heteroatoms. The van der Waals surface area contributed by atoms with Crippen LogP contribution >= 0.6 is 11.6 Å². The van der Waals surface area contributed by atoms with E-state index >= 15 is 0 Å². The lowest BCUT2D eigenvalue weighted by atomic mass is 10.1. The molecule has 1 fully saturated rings. The van der Waals surface area contributed by atoms with Crippen molar-refractivity contribution in [2.45, 2.75) is 32.1 Å². The van der Waals surface area contributed by atoms with Crippen LogP contribution in [0.15, 0.2) is 48.7 Å². The van der Waals surface area contributed by atoms with Crippen LogP contribution < -0.4 is 10.1 Å². The molecule has 150 valence electrons. The zero-order valence-electron chi connectivity index (χ0n) is 16.6. The van der Waals surface area contributed by atoms with Crippen LogP contribution in [0.25, 0.3) is 5.69 Å². The number of aryl methyl sites for hydroxylation is 1. The SMILES string of the molecule is COc1ccccc1CCNC(=O)c1cnn(-c2ccc(C)c(Cl)c2)c1C1CC1. The van der Waals surface area contributed by atoms with Crippen LogP contribution in [0.5, 0.6) is 5.75 Å². The van der Waals surface area contributed by atoms with Crippen molar-refractivity contribution < 1.29 is 9.53 Å². The fourth-order valence-electron chi connectivity index (χ4n) is 3.52. The molecule has 2 aromatic carbocycles. The zero-order chi connectivity index (χ0) is 20.4. The Labute approximate surface area is 175 Å². The Balaban J connectivity index is 1.51. The first-order valence-corrected chi connectivity index (χ1v) is 10.2. The quantitative estimate of drug-likeness (QED) is 0.615. The zero-order valence-corrected chi connectivity index (χ0v) is 17.4. The van der Waals surface area contributed by atoms with E-state index in [4.69, 9.17) is 16.3 Å². The van der Waals surface area contributed by atoms with Gasteiger partial charge in [0, 0.05) is 17.5 Å². The molecule has 0 spiro atoms. The number of methoxy groups -OCH3 is 1. The second-order valence-corrected chi connectivity index (χ2v) is 7.79. The van der Waals surface area contributed by atoms with Crippen molar-refractivity contribution in [1.29, 1.82) is 0 Å². The number of carbonyl (C=O) groups excluding carboxylic acids is 1. The monoisotopic (exact) mass is 409 g/mol. The summed E-state index contributed by atoms with van der Waals surface area (Å²) < 4.78 is 7.24. The fraction of sp³-hybridized carbons (Fsp3) is 0.304. The standard InChI is InChI=1S/C23H24ClN3O2/c1-15-7-10-18(13-20(15)24)27-22(17-8-9-17)19(14-26-27)23(28)25-12-11-16-5-3-4-6-21(16)29-2/h3-7,10,13-14,17H,8-9,11-12H2,1-2H3,(H,25,28). The maximum atomic E-state index is 12.9. The van der Waals surface area contributed by atoms with Gasteiger partial charge in [-0.25, -0.2) is 4.68 Å². The van der Waals surface area contributed by atoms with E-state index in [1.807, 2.05) is 54.1 Å². The molecule has 0 atom stereocenters. The maximum absolute atomic E-state index is 12.9. The summed E-state index contributed by atoms with van der Waals surface area (Å²) in [5.41, 5.74) is 4.59. The molecule has 0 unspecified atom stereocenters. The Morgan fingerprint density at radius 1 is 1.28 bits per heavy atom. The van der Waals surface area contributed by atoms with Gasteiger partial charge in [-0.2, -0.15) is 5.10 Å². The number of benzene rings is 2. The molecule has 0 radical (unpaired) electrons. The van der Waals surface area contributed by atoms with Gasteiger partial charge in [0.1, 0.15) is 5.75 Å². The van der Waals surface area contributed by atoms with Gasteiger partial charge < -0.3 is 10.1 Å². The minimum absolute atomic E-state index is 0.0914. The van der Waals surface area contributed by atoms with Gasteiger partial charge in [0.05, 0.1) is 30.3 Å². The summed E-state index contributed by atoms with van der Waals surface area (Å²) in [6, 6.07) is 13.7. The average Bonchev–Trinajstić information content (AvgIpc) is 3.48. The minimum Gasteiger partial charge on any atom is -0.496 e. The molecule has 0 aliphatic heterocycles. The lowest BCUT2D eigenvalue weighted by Crippen LogP contribution is -2.26. The molecule has 0 saturated heterocycles. The highest BCUT2D eigenvalue weighted by Gasteiger charge is 2.32. The number of rotatable bonds is 7. The van der Waals surface area contributed by atoms with Crippen molar-refractivity contribution >= 4 is 17.5 Å². The second kappa shape index (κ2) is 8.29.